The second kappa shape index (κ2) is 8.75. The third kappa shape index (κ3) is 7.29. The van der Waals surface area contributed by atoms with Crippen LogP contribution in [0.4, 0.5) is 4.79 Å². The van der Waals surface area contributed by atoms with Crippen LogP contribution in [0, 0.1) is 5.92 Å². The Labute approximate surface area is 119 Å². The SMILES string of the molecule is CCCC(CNC(=O)NCCS(=O)(=O)N(C)C)C(=O)O. The van der Waals surface area contributed by atoms with Crippen LogP contribution in [0.2, 0.25) is 0 Å². The number of amides is 2. The van der Waals surface area contributed by atoms with Gasteiger partial charge in [0, 0.05) is 27.2 Å². The Kier molecular flexibility index (Phi) is 8.16. The highest BCUT2D eigenvalue weighted by Gasteiger charge is 2.17. The first kappa shape index (κ1) is 18.7. The van der Waals surface area contributed by atoms with E-state index in [4.69, 9.17) is 5.11 Å². The maximum Gasteiger partial charge on any atom is 0.314 e. The fourth-order valence-corrected chi connectivity index (χ4v) is 2.14. The van der Waals surface area contributed by atoms with Crippen molar-refractivity contribution in [2.24, 2.45) is 5.92 Å². The molecule has 1 atom stereocenters. The van der Waals surface area contributed by atoms with Crippen LogP contribution in [0.3, 0.4) is 0 Å². The van der Waals surface area contributed by atoms with E-state index in [1.807, 2.05) is 6.92 Å². The fourth-order valence-electron chi connectivity index (χ4n) is 1.42. The molecule has 0 bridgehead atoms. The Bertz CT molecular complexity index is 422. The second-order valence-electron chi connectivity index (χ2n) is 4.56. The molecule has 0 aliphatic heterocycles. The molecule has 20 heavy (non-hydrogen) atoms. The van der Waals surface area contributed by atoms with Crippen molar-refractivity contribution in [2.45, 2.75) is 19.8 Å². The van der Waals surface area contributed by atoms with Crippen LogP contribution in [-0.2, 0) is 14.8 Å². The van der Waals surface area contributed by atoms with E-state index in [9.17, 15) is 18.0 Å². The zero-order chi connectivity index (χ0) is 15.8. The largest absolute Gasteiger partial charge is 0.481 e. The van der Waals surface area contributed by atoms with Gasteiger partial charge < -0.3 is 15.7 Å². The molecule has 0 fully saturated rings. The van der Waals surface area contributed by atoms with Crippen molar-refractivity contribution in [3.63, 3.8) is 0 Å². The minimum absolute atomic E-state index is 0.0233. The van der Waals surface area contributed by atoms with Gasteiger partial charge in [0.1, 0.15) is 0 Å². The average Bonchev–Trinajstić information content (AvgIpc) is 2.33. The highest BCUT2D eigenvalue weighted by molar-refractivity contribution is 7.89. The van der Waals surface area contributed by atoms with Crippen molar-refractivity contribution in [3.05, 3.63) is 0 Å². The number of hydrogen-bond donors (Lipinski definition) is 3. The summed E-state index contributed by atoms with van der Waals surface area (Å²) >= 11 is 0. The number of nitrogens with one attached hydrogen (secondary N) is 2. The summed E-state index contributed by atoms with van der Waals surface area (Å²) in [7, 11) is -0.522. The summed E-state index contributed by atoms with van der Waals surface area (Å²) < 4.78 is 23.9. The van der Waals surface area contributed by atoms with Gasteiger partial charge in [-0.05, 0) is 6.42 Å². The third-order valence-electron chi connectivity index (χ3n) is 2.70. The van der Waals surface area contributed by atoms with Gasteiger partial charge in [0.25, 0.3) is 0 Å². The van der Waals surface area contributed by atoms with Gasteiger partial charge in [-0.1, -0.05) is 13.3 Å². The summed E-state index contributed by atoms with van der Waals surface area (Å²) in [6, 6.07) is -0.568. The number of carbonyl (C=O) groups excluding carboxylic acids is 1. The van der Waals surface area contributed by atoms with Gasteiger partial charge in [0.15, 0.2) is 0 Å². The van der Waals surface area contributed by atoms with Crippen LogP contribution in [-0.4, -0.2) is 62.8 Å². The Hall–Kier alpha value is -1.35. The number of carbonyl (C=O) groups is 2. The molecule has 0 aliphatic rings. The van der Waals surface area contributed by atoms with Gasteiger partial charge in [-0.25, -0.2) is 17.5 Å². The highest BCUT2D eigenvalue weighted by Crippen LogP contribution is 2.04. The van der Waals surface area contributed by atoms with E-state index in [-0.39, 0.29) is 18.8 Å². The molecule has 0 heterocycles. The molecule has 3 N–H and O–H groups in total. The van der Waals surface area contributed by atoms with Crippen molar-refractivity contribution in [3.8, 4) is 0 Å². The quantitative estimate of drug-likeness (QED) is 0.540. The molecular formula is C11H23N3O5S. The Balaban J connectivity index is 4.04. The van der Waals surface area contributed by atoms with E-state index in [0.717, 1.165) is 4.31 Å². The van der Waals surface area contributed by atoms with E-state index < -0.39 is 27.9 Å². The van der Waals surface area contributed by atoms with Crippen molar-refractivity contribution < 1.29 is 23.1 Å². The maximum absolute atomic E-state index is 11.4. The summed E-state index contributed by atoms with van der Waals surface area (Å²) in [4.78, 5) is 22.3. The van der Waals surface area contributed by atoms with E-state index in [2.05, 4.69) is 10.6 Å². The van der Waals surface area contributed by atoms with Crippen LogP contribution in [0.5, 0.6) is 0 Å². The Morgan fingerprint density at radius 3 is 2.30 bits per heavy atom. The molecule has 0 aromatic carbocycles. The first-order valence-electron chi connectivity index (χ1n) is 6.35. The van der Waals surface area contributed by atoms with Crippen molar-refractivity contribution >= 4 is 22.0 Å². The number of aliphatic carboxylic acids is 1. The fraction of sp³-hybridized carbons (Fsp3) is 0.818. The van der Waals surface area contributed by atoms with Crippen LogP contribution in [0.25, 0.3) is 0 Å². The molecule has 0 radical (unpaired) electrons. The number of carboxylic acids is 1. The number of urea groups is 1. The monoisotopic (exact) mass is 309 g/mol. The predicted molar refractivity (Wildman–Crippen MR) is 74.9 cm³/mol. The molecule has 118 valence electrons. The summed E-state index contributed by atoms with van der Waals surface area (Å²) in [6.07, 6.45) is 1.19. The number of nitrogens with zero attached hydrogens (tertiary/aromatic N) is 1. The summed E-state index contributed by atoms with van der Waals surface area (Å²) in [5.41, 5.74) is 0. The molecule has 0 aliphatic carbocycles. The molecule has 0 rings (SSSR count). The van der Waals surface area contributed by atoms with Crippen LogP contribution in [0.15, 0.2) is 0 Å². The molecule has 0 saturated carbocycles. The van der Waals surface area contributed by atoms with Gasteiger partial charge >= 0.3 is 12.0 Å². The molecule has 0 saturated heterocycles. The Morgan fingerprint density at radius 1 is 1.25 bits per heavy atom. The van der Waals surface area contributed by atoms with E-state index in [1.165, 1.54) is 14.1 Å². The second-order valence-corrected chi connectivity index (χ2v) is 6.86. The van der Waals surface area contributed by atoms with Gasteiger partial charge in [-0.3, -0.25) is 4.79 Å². The number of carboxylic acid groups (broad SMARTS) is 1. The first-order valence-corrected chi connectivity index (χ1v) is 7.96. The predicted octanol–water partition coefficient (Wildman–Crippen LogP) is -0.322. The third-order valence-corrected chi connectivity index (χ3v) is 4.53. The Morgan fingerprint density at radius 2 is 1.85 bits per heavy atom. The summed E-state index contributed by atoms with van der Waals surface area (Å²) in [5.74, 6) is -1.79. The first-order chi connectivity index (χ1) is 9.20. The minimum atomic E-state index is -3.35. The van der Waals surface area contributed by atoms with Crippen LogP contribution < -0.4 is 10.6 Å². The lowest BCUT2D eigenvalue weighted by Crippen LogP contribution is -2.42. The number of sulfonamides is 1. The lowest BCUT2D eigenvalue weighted by atomic mass is 10.0. The van der Waals surface area contributed by atoms with Crippen LogP contribution in [0.1, 0.15) is 19.8 Å². The zero-order valence-electron chi connectivity index (χ0n) is 12.0. The smallest absolute Gasteiger partial charge is 0.314 e. The molecule has 9 heteroatoms. The molecule has 0 spiro atoms. The molecule has 2 amide bonds. The van der Waals surface area contributed by atoms with Gasteiger partial charge in [-0.2, -0.15) is 0 Å². The van der Waals surface area contributed by atoms with Crippen molar-refractivity contribution in [1.29, 1.82) is 0 Å². The molecule has 8 nitrogen and oxygen atoms in total. The van der Waals surface area contributed by atoms with Crippen molar-refractivity contribution in [2.75, 3.05) is 32.9 Å². The number of hydrogen-bond acceptors (Lipinski definition) is 4. The molecular weight excluding hydrogens is 286 g/mol. The van der Waals surface area contributed by atoms with E-state index >= 15 is 0 Å². The van der Waals surface area contributed by atoms with Gasteiger partial charge in [-0.15, -0.1) is 0 Å². The van der Waals surface area contributed by atoms with Crippen molar-refractivity contribution in [1.82, 2.24) is 14.9 Å². The average molecular weight is 309 g/mol. The zero-order valence-corrected chi connectivity index (χ0v) is 12.9. The molecule has 1 unspecified atom stereocenters. The van der Waals surface area contributed by atoms with Crippen LogP contribution >= 0.6 is 0 Å². The van der Waals surface area contributed by atoms with E-state index in [1.54, 1.807) is 0 Å². The minimum Gasteiger partial charge on any atom is -0.481 e. The van der Waals surface area contributed by atoms with Gasteiger partial charge in [0.05, 0.1) is 11.7 Å². The highest BCUT2D eigenvalue weighted by atomic mass is 32.2. The molecule has 0 aromatic rings. The maximum atomic E-state index is 11.4. The standard InChI is InChI=1S/C11H23N3O5S/c1-4-5-9(10(15)16)8-13-11(17)12-6-7-20(18,19)14(2)3/h9H,4-8H2,1-3H3,(H,15,16)(H2,12,13,17). The summed E-state index contributed by atoms with van der Waals surface area (Å²) in [6.45, 7) is 1.86. The topological polar surface area (TPSA) is 116 Å². The summed E-state index contributed by atoms with van der Waals surface area (Å²) in [5, 5.41) is 13.7. The normalized spacial score (nSPS) is 13.0. The molecule has 0 aromatic heterocycles. The van der Waals surface area contributed by atoms with E-state index in [0.29, 0.717) is 12.8 Å². The van der Waals surface area contributed by atoms with Gasteiger partial charge in [0.2, 0.25) is 10.0 Å². The lowest BCUT2D eigenvalue weighted by Gasteiger charge is -2.14. The lowest BCUT2D eigenvalue weighted by molar-refractivity contribution is -0.141. The number of rotatable bonds is 9.